The van der Waals surface area contributed by atoms with Crippen molar-refractivity contribution in [1.29, 1.82) is 0 Å². The first-order valence-electron chi connectivity index (χ1n) is 17.7. The Morgan fingerprint density at radius 2 is 1.04 bits per heavy atom. The SMILES string of the molecule is CC[Si]1O[Si]2(CC)O[Si]3(CC)O[Si](CC)(O[Si])O[Si]4(CC)O[Si](CCC5CC6CC5C(C)C6C)(O1)O[Si](CC)(O2)O[Si](CC)(O3)O4. The van der Waals surface area contributed by atoms with Crippen LogP contribution in [-0.2, 0) is 49.4 Å². The van der Waals surface area contributed by atoms with Crippen molar-refractivity contribution < 1.29 is 49.4 Å². The minimum Gasteiger partial charge on any atom is -0.416 e. The molecule has 4 heterocycles. The van der Waals surface area contributed by atoms with Crippen molar-refractivity contribution in [3.05, 3.63) is 0 Å². The van der Waals surface area contributed by atoms with Crippen molar-refractivity contribution in [2.45, 2.75) is 130 Å². The van der Waals surface area contributed by atoms with E-state index >= 15 is 0 Å². The number of fused-ring (bicyclic) bond motifs is 6. The molecule has 12 atom stereocenters. The Bertz CT molecular complexity index is 1110. The largest absolute Gasteiger partial charge is 0.478 e. The van der Waals surface area contributed by atoms with Gasteiger partial charge < -0.3 is 49.4 Å². The molecule has 6 aliphatic rings. The fraction of sp³-hybridized carbons (Fsp3) is 1.00. The van der Waals surface area contributed by atoms with Crippen molar-refractivity contribution in [1.82, 2.24) is 0 Å². The molecule has 6 fully saturated rings. The summed E-state index contributed by atoms with van der Waals surface area (Å²) in [6, 6.07) is 4.01. The molecule has 12 unspecified atom stereocenters. The van der Waals surface area contributed by atoms with Crippen molar-refractivity contribution >= 4 is 81.4 Å². The molecule has 2 saturated carbocycles. The Kier molecular flexibility index (Phi) is 10.9. The Labute approximate surface area is 289 Å². The van der Waals surface area contributed by atoms with Crippen LogP contribution in [0.25, 0.3) is 0 Å². The molecule has 4 radical (unpaired) electrons. The highest BCUT2D eigenvalue weighted by atomic mass is 28.6. The molecule has 0 aromatic rings. The number of rotatable bonds is 11. The van der Waals surface area contributed by atoms with Gasteiger partial charge in [-0.2, -0.15) is 0 Å². The van der Waals surface area contributed by atoms with Crippen molar-refractivity contribution in [2.24, 2.45) is 29.6 Å². The van der Waals surface area contributed by atoms with E-state index in [1.54, 1.807) is 0 Å². The second-order valence-electron chi connectivity index (χ2n) is 13.8. The summed E-state index contributed by atoms with van der Waals surface area (Å²) < 4.78 is 85.6. The van der Waals surface area contributed by atoms with Gasteiger partial charge in [0.25, 0.3) is 0 Å². The maximum Gasteiger partial charge on any atom is 0.478 e. The van der Waals surface area contributed by atoms with Crippen LogP contribution >= 0.6 is 0 Å². The summed E-state index contributed by atoms with van der Waals surface area (Å²) in [5.41, 5.74) is 0. The highest BCUT2D eigenvalue weighted by Crippen LogP contribution is 2.57. The normalized spacial score (nSPS) is 52.2. The summed E-state index contributed by atoms with van der Waals surface area (Å²) in [6.45, 7) is 19.1. The minimum absolute atomic E-state index is 0.432. The van der Waals surface area contributed by atoms with Crippen molar-refractivity contribution in [3.63, 3.8) is 0 Å². The molecule has 6 rings (SSSR count). The fourth-order valence-corrected chi connectivity index (χ4v) is 53.6. The summed E-state index contributed by atoms with van der Waals surface area (Å²) in [6.07, 6.45) is 3.50. The van der Waals surface area contributed by atoms with Crippen molar-refractivity contribution in [2.75, 3.05) is 0 Å². The third kappa shape index (κ3) is 6.41. The highest BCUT2D eigenvalue weighted by Gasteiger charge is 2.77. The number of hydrogen-bond acceptors (Lipinski definition) is 12. The predicted octanol–water partition coefficient (Wildman–Crippen LogP) is 5.84. The molecule has 2 aliphatic carbocycles. The molecule has 262 valence electrons. The first-order chi connectivity index (χ1) is 21.8. The predicted molar refractivity (Wildman–Crippen MR) is 186 cm³/mol. The second kappa shape index (κ2) is 13.5. The molecule has 12 nitrogen and oxygen atoms in total. The van der Waals surface area contributed by atoms with Crippen LogP contribution in [0.2, 0.25) is 48.4 Å². The van der Waals surface area contributed by atoms with Crippen LogP contribution in [0.5, 0.6) is 0 Å². The highest BCUT2D eigenvalue weighted by molar-refractivity contribution is 7.00. The zero-order valence-corrected chi connectivity index (χ0v) is 38.1. The maximum atomic E-state index is 7.45. The van der Waals surface area contributed by atoms with Gasteiger partial charge in [0.05, 0.1) is 0 Å². The third-order valence-corrected chi connectivity index (χ3v) is 45.9. The molecule has 4 saturated heterocycles. The second-order valence-corrected chi connectivity index (χ2v) is 39.3. The van der Waals surface area contributed by atoms with E-state index in [2.05, 4.69) is 31.3 Å². The van der Waals surface area contributed by atoms with E-state index in [-0.39, 0.29) is 0 Å². The molecule has 8 bridgehead atoms. The molecule has 0 spiro atoms. The molecule has 4 aliphatic heterocycles. The molecule has 21 heteroatoms. The third-order valence-electron chi connectivity index (χ3n) is 11.2. The van der Waals surface area contributed by atoms with Crippen LogP contribution in [-0.4, -0.2) is 81.4 Å². The van der Waals surface area contributed by atoms with Crippen LogP contribution in [0.1, 0.15) is 81.6 Å². The average molecular weight is 799 g/mol. The number of hydrogen-bond donors (Lipinski definition) is 0. The van der Waals surface area contributed by atoms with E-state index in [9.17, 15) is 0 Å². The first kappa shape index (κ1) is 37.2. The molecule has 0 N–H and O–H groups in total. The van der Waals surface area contributed by atoms with Gasteiger partial charge in [-0.1, -0.05) is 62.3 Å². The van der Waals surface area contributed by atoms with Gasteiger partial charge in [-0.25, -0.2) is 0 Å². The van der Waals surface area contributed by atoms with E-state index in [4.69, 9.17) is 49.4 Å². The van der Waals surface area contributed by atoms with E-state index in [1.807, 2.05) is 41.5 Å². The van der Waals surface area contributed by atoms with E-state index in [0.29, 0.717) is 60.2 Å². The lowest BCUT2D eigenvalue weighted by molar-refractivity contribution is 0.00332. The minimum atomic E-state index is -3.71. The van der Waals surface area contributed by atoms with E-state index in [0.717, 1.165) is 24.2 Å². The quantitative estimate of drug-likeness (QED) is 0.234. The van der Waals surface area contributed by atoms with Crippen molar-refractivity contribution in [3.8, 4) is 0 Å². The molecular formula is C25H54O12Si9. The van der Waals surface area contributed by atoms with Gasteiger partial charge in [0.2, 0.25) is 10.5 Å². The maximum absolute atomic E-state index is 7.45. The lowest BCUT2D eigenvalue weighted by Crippen LogP contribution is -2.84. The standard InChI is InChI=1S/C25H54O12Si9/c1-10-39-27-41(12-3)31-42(13-4)29-40(11-2,26-38)30-43(14-5)34-45(16-7,33-42)35-44(15-6,32-41)37-46(28-39,36-43)18-17-23-19-24-20-25(23)22(9)21(24)8/h21-25H,10-20H2,1-9H3. The Morgan fingerprint density at radius 3 is 1.46 bits per heavy atom. The van der Waals surface area contributed by atoms with Gasteiger partial charge in [0, 0.05) is 42.3 Å². The monoisotopic (exact) mass is 798 g/mol. The van der Waals surface area contributed by atoms with E-state index in [1.165, 1.54) is 12.8 Å². The van der Waals surface area contributed by atoms with Crippen LogP contribution in [0, 0.1) is 29.6 Å². The summed E-state index contributed by atoms with van der Waals surface area (Å²) in [4.78, 5) is 0. The summed E-state index contributed by atoms with van der Waals surface area (Å²) in [5.74, 6) is 3.59. The van der Waals surface area contributed by atoms with Gasteiger partial charge in [-0.15, -0.1) is 0 Å². The van der Waals surface area contributed by atoms with Crippen LogP contribution in [0.4, 0.5) is 0 Å². The Morgan fingerprint density at radius 1 is 0.587 bits per heavy atom. The van der Waals surface area contributed by atoms with Gasteiger partial charge in [-0.3, -0.25) is 0 Å². The summed E-state index contributed by atoms with van der Waals surface area (Å²) in [7, 11) is -24.0. The zero-order valence-electron chi connectivity index (χ0n) is 29.1. The summed E-state index contributed by atoms with van der Waals surface area (Å²) in [5, 5.41) is 0. The molecule has 0 amide bonds. The van der Waals surface area contributed by atoms with Crippen LogP contribution in [0.15, 0.2) is 0 Å². The van der Waals surface area contributed by atoms with Crippen LogP contribution < -0.4 is 0 Å². The average Bonchev–Trinajstić information content (AvgIpc) is 3.58. The molecule has 46 heavy (non-hydrogen) atoms. The lowest BCUT2D eigenvalue weighted by atomic mass is 9.75. The topological polar surface area (TPSA) is 111 Å². The first-order valence-corrected chi connectivity index (χ1v) is 33.2. The molecule has 0 aromatic carbocycles. The van der Waals surface area contributed by atoms with Gasteiger partial charge in [-0.05, 0) is 54.9 Å². The van der Waals surface area contributed by atoms with Gasteiger partial charge in [0.15, 0.2) is 0 Å². The zero-order chi connectivity index (χ0) is 33.2. The summed E-state index contributed by atoms with van der Waals surface area (Å²) >= 11 is 0. The lowest BCUT2D eigenvalue weighted by Gasteiger charge is -2.59. The fourth-order valence-electron chi connectivity index (χ4n) is 8.32. The smallest absolute Gasteiger partial charge is 0.416 e. The molecular weight excluding hydrogens is 745 g/mol. The van der Waals surface area contributed by atoms with Gasteiger partial charge in [0.1, 0.15) is 0 Å². The Balaban J connectivity index is 1.52. The van der Waals surface area contributed by atoms with Crippen LogP contribution in [0.3, 0.4) is 0 Å². The Hall–Kier alpha value is 1.47. The molecule has 0 aromatic heterocycles. The van der Waals surface area contributed by atoms with Gasteiger partial charge >= 0.3 is 70.9 Å². The van der Waals surface area contributed by atoms with E-state index < -0.39 is 70.9 Å².